The van der Waals surface area contributed by atoms with E-state index in [-0.39, 0.29) is 5.91 Å². The van der Waals surface area contributed by atoms with Gasteiger partial charge < -0.3 is 5.32 Å². The zero-order chi connectivity index (χ0) is 5.82. The van der Waals surface area contributed by atoms with E-state index < -0.39 is 0 Å². The van der Waals surface area contributed by atoms with Crippen LogP contribution in [0.4, 0.5) is 0 Å². The summed E-state index contributed by atoms with van der Waals surface area (Å²) in [6, 6.07) is 0. The molecule has 0 radical (unpaired) electrons. The lowest BCUT2D eigenvalue weighted by Crippen LogP contribution is -2.15. The van der Waals surface area contributed by atoms with Crippen molar-refractivity contribution in [2.45, 2.75) is 6.42 Å². The maximum absolute atomic E-state index is 10.4. The molecule has 0 aromatic heterocycles. The van der Waals surface area contributed by atoms with E-state index in [1.54, 1.807) is 12.4 Å². The highest BCUT2D eigenvalue weighted by Crippen LogP contribution is 1.81. The fourth-order valence-electron chi connectivity index (χ4n) is 0.429. The number of hydrogen-bond acceptors (Lipinski definition) is 2. The Hall–Kier alpha value is -1.12. The summed E-state index contributed by atoms with van der Waals surface area (Å²) in [5, 5.41) is 2.50. The molecule has 3 nitrogen and oxygen atoms in total. The average Bonchev–Trinajstić information content (AvgIpc) is 1.94. The molecule has 0 unspecified atom stereocenters. The minimum Gasteiger partial charge on any atom is -0.331 e. The van der Waals surface area contributed by atoms with Crippen LogP contribution in [0.3, 0.4) is 0 Å². The standard InChI is InChI=1S/C5H6N2O/c8-5-1-2-6-3-4-7-5/h2-4H,1H2,(H,7,8). The molecular formula is C5H6N2O. The first-order valence-electron chi connectivity index (χ1n) is 2.35. The van der Waals surface area contributed by atoms with Crippen LogP contribution in [0.2, 0.25) is 0 Å². The largest absolute Gasteiger partial charge is 0.331 e. The minimum atomic E-state index is -0.0116. The highest BCUT2D eigenvalue weighted by atomic mass is 16.1. The van der Waals surface area contributed by atoms with Gasteiger partial charge in [-0.1, -0.05) is 0 Å². The SMILES string of the molecule is O=C1CC=NC=CN1. The molecule has 0 fully saturated rings. The van der Waals surface area contributed by atoms with Gasteiger partial charge in [0, 0.05) is 18.6 Å². The number of carbonyl (C=O) groups excluding carboxylic acids is 1. The molecule has 0 aromatic rings. The van der Waals surface area contributed by atoms with Crippen molar-refractivity contribution >= 4 is 12.1 Å². The van der Waals surface area contributed by atoms with Gasteiger partial charge in [-0.25, -0.2) is 0 Å². The molecule has 0 aromatic carbocycles. The molecule has 0 spiro atoms. The summed E-state index contributed by atoms with van der Waals surface area (Å²) < 4.78 is 0. The first-order valence-corrected chi connectivity index (χ1v) is 2.35. The summed E-state index contributed by atoms with van der Waals surface area (Å²) in [4.78, 5) is 14.2. The van der Waals surface area contributed by atoms with Crippen molar-refractivity contribution in [2.75, 3.05) is 0 Å². The van der Waals surface area contributed by atoms with Crippen LogP contribution in [-0.2, 0) is 4.79 Å². The highest BCUT2D eigenvalue weighted by Gasteiger charge is 1.94. The van der Waals surface area contributed by atoms with E-state index >= 15 is 0 Å². The quantitative estimate of drug-likeness (QED) is 0.470. The van der Waals surface area contributed by atoms with Crippen LogP contribution in [0.15, 0.2) is 17.4 Å². The van der Waals surface area contributed by atoms with Crippen molar-refractivity contribution in [2.24, 2.45) is 4.99 Å². The summed E-state index contributed by atoms with van der Waals surface area (Å²) in [5.74, 6) is -0.0116. The summed E-state index contributed by atoms with van der Waals surface area (Å²) in [7, 11) is 0. The number of amides is 1. The Morgan fingerprint density at radius 3 is 3.50 bits per heavy atom. The first kappa shape index (κ1) is 5.03. The van der Waals surface area contributed by atoms with E-state index in [9.17, 15) is 4.79 Å². The minimum absolute atomic E-state index is 0.0116. The highest BCUT2D eigenvalue weighted by molar-refractivity contribution is 5.91. The van der Waals surface area contributed by atoms with Gasteiger partial charge in [0.2, 0.25) is 5.91 Å². The van der Waals surface area contributed by atoms with Crippen molar-refractivity contribution in [1.82, 2.24) is 5.32 Å². The molecule has 0 saturated heterocycles. The Morgan fingerprint density at radius 2 is 2.62 bits per heavy atom. The summed E-state index contributed by atoms with van der Waals surface area (Å²) in [6.45, 7) is 0. The second-order valence-corrected chi connectivity index (χ2v) is 1.42. The number of aliphatic imine (C=N–C) groups is 1. The third kappa shape index (κ3) is 1.18. The van der Waals surface area contributed by atoms with Gasteiger partial charge in [0.15, 0.2) is 0 Å². The molecule has 8 heavy (non-hydrogen) atoms. The second-order valence-electron chi connectivity index (χ2n) is 1.42. The van der Waals surface area contributed by atoms with Gasteiger partial charge in [0.1, 0.15) is 0 Å². The summed E-state index contributed by atoms with van der Waals surface area (Å²) in [5.41, 5.74) is 0. The lowest BCUT2D eigenvalue weighted by Gasteiger charge is -1.87. The van der Waals surface area contributed by atoms with Crippen molar-refractivity contribution in [1.29, 1.82) is 0 Å². The van der Waals surface area contributed by atoms with E-state index in [2.05, 4.69) is 10.3 Å². The molecule has 3 heteroatoms. The summed E-state index contributed by atoms with van der Waals surface area (Å²) in [6.07, 6.45) is 5.02. The van der Waals surface area contributed by atoms with Crippen molar-refractivity contribution in [3.63, 3.8) is 0 Å². The lowest BCUT2D eigenvalue weighted by atomic mass is 10.4. The third-order valence-corrected chi connectivity index (χ3v) is 0.787. The van der Waals surface area contributed by atoms with Gasteiger partial charge >= 0.3 is 0 Å². The summed E-state index contributed by atoms with van der Waals surface area (Å²) >= 11 is 0. The fraction of sp³-hybridized carbons (Fsp3) is 0.200. The van der Waals surface area contributed by atoms with Crippen LogP contribution in [0.5, 0.6) is 0 Å². The van der Waals surface area contributed by atoms with Gasteiger partial charge in [0.25, 0.3) is 0 Å². The van der Waals surface area contributed by atoms with Crippen LogP contribution >= 0.6 is 0 Å². The van der Waals surface area contributed by atoms with Crippen molar-refractivity contribution in [3.8, 4) is 0 Å². The molecule has 1 rings (SSSR count). The molecular weight excluding hydrogens is 104 g/mol. The number of nitrogens with one attached hydrogen (secondary N) is 1. The Morgan fingerprint density at radius 1 is 1.75 bits per heavy atom. The van der Waals surface area contributed by atoms with Gasteiger partial charge in [-0.15, -0.1) is 0 Å². The zero-order valence-electron chi connectivity index (χ0n) is 4.29. The average molecular weight is 110 g/mol. The van der Waals surface area contributed by atoms with Crippen LogP contribution in [0.1, 0.15) is 6.42 Å². The molecule has 1 aliphatic heterocycles. The van der Waals surface area contributed by atoms with Crippen molar-refractivity contribution < 1.29 is 4.79 Å². The van der Waals surface area contributed by atoms with E-state index in [1.807, 2.05) is 0 Å². The second kappa shape index (κ2) is 2.26. The van der Waals surface area contributed by atoms with Gasteiger partial charge in [-0.3, -0.25) is 9.79 Å². The van der Waals surface area contributed by atoms with Crippen LogP contribution in [0, 0.1) is 0 Å². The predicted octanol–water partition coefficient (Wildman–Crippen LogP) is 0.0483. The Bertz CT molecular complexity index is 133. The Balaban J connectivity index is 2.58. The van der Waals surface area contributed by atoms with Crippen LogP contribution in [0.25, 0.3) is 0 Å². The lowest BCUT2D eigenvalue weighted by molar-refractivity contribution is -0.118. The number of hydrogen-bond donors (Lipinski definition) is 1. The fourth-order valence-corrected chi connectivity index (χ4v) is 0.429. The van der Waals surface area contributed by atoms with E-state index in [1.165, 1.54) is 6.20 Å². The molecule has 0 atom stereocenters. The van der Waals surface area contributed by atoms with Crippen LogP contribution < -0.4 is 5.32 Å². The first-order chi connectivity index (χ1) is 3.89. The molecule has 1 aliphatic rings. The van der Waals surface area contributed by atoms with Gasteiger partial charge in [0.05, 0.1) is 6.42 Å². The monoisotopic (exact) mass is 110 g/mol. The van der Waals surface area contributed by atoms with Crippen molar-refractivity contribution in [3.05, 3.63) is 12.4 Å². The van der Waals surface area contributed by atoms with E-state index in [4.69, 9.17) is 0 Å². The van der Waals surface area contributed by atoms with Crippen LogP contribution in [-0.4, -0.2) is 12.1 Å². The smallest absolute Gasteiger partial charge is 0.229 e. The van der Waals surface area contributed by atoms with E-state index in [0.717, 1.165) is 0 Å². The molecule has 42 valence electrons. The molecule has 1 amide bonds. The number of rotatable bonds is 0. The molecule has 0 aliphatic carbocycles. The molecule has 0 saturated carbocycles. The topological polar surface area (TPSA) is 41.5 Å². The Labute approximate surface area is 47.1 Å². The predicted molar refractivity (Wildman–Crippen MR) is 30.4 cm³/mol. The zero-order valence-corrected chi connectivity index (χ0v) is 4.29. The molecule has 0 bridgehead atoms. The maximum atomic E-state index is 10.4. The normalized spacial score (nSPS) is 17.8. The Kier molecular flexibility index (Phi) is 1.42. The van der Waals surface area contributed by atoms with Gasteiger partial charge in [-0.2, -0.15) is 0 Å². The number of nitrogens with zero attached hydrogens (tertiary/aromatic N) is 1. The molecule has 1 N–H and O–H groups in total. The van der Waals surface area contributed by atoms with Gasteiger partial charge in [-0.05, 0) is 0 Å². The maximum Gasteiger partial charge on any atom is 0.229 e. The number of carbonyl (C=O) groups is 1. The molecule has 1 heterocycles. The third-order valence-electron chi connectivity index (χ3n) is 0.787. The van der Waals surface area contributed by atoms with E-state index in [0.29, 0.717) is 6.42 Å².